The molecule has 0 aliphatic rings. The van der Waals surface area contributed by atoms with E-state index in [9.17, 15) is 9.59 Å². The second kappa shape index (κ2) is 8.13. The molecule has 0 atom stereocenters. The van der Waals surface area contributed by atoms with Crippen LogP contribution >= 0.6 is 0 Å². The Kier molecular flexibility index (Phi) is 5.92. The molecule has 4 heteroatoms. The van der Waals surface area contributed by atoms with Crippen molar-refractivity contribution in [2.45, 2.75) is 20.3 Å². The first kappa shape index (κ1) is 16.7. The largest absolute Gasteiger partial charge is 0.491 e. The first-order chi connectivity index (χ1) is 11.1. The van der Waals surface area contributed by atoms with Crippen LogP contribution in [0.15, 0.2) is 48.5 Å². The number of carbonyl (C=O) groups is 2. The predicted octanol–water partition coefficient (Wildman–Crippen LogP) is 3.72. The number of ether oxygens (including phenoxy) is 1. The zero-order chi connectivity index (χ0) is 16.7. The van der Waals surface area contributed by atoms with Gasteiger partial charge >= 0.3 is 0 Å². The van der Waals surface area contributed by atoms with Gasteiger partial charge in [0.1, 0.15) is 12.0 Å². The molecular weight excluding hydrogens is 290 g/mol. The van der Waals surface area contributed by atoms with E-state index in [1.807, 2.05) is 44.2 Å². The van der Waals surface area contributed by atoms with E-state index in [-0.39, 0.29) is 12.3 Å². The molecule has 120 valence electrons. The molecule has 0 saturated carbocycles. The fraction of sp³-hybridized carbons (Fsp3) is 0.263. The van der Waals surface area contributed by atoms with Crippen LogP contribution in [0.1, 0.15) is 29.8 Å². The summed E-state index contributed by atoms with van der Waals surface area (Å²) >= 11 is 0. The highest BCUT2D eigenvalue weighted by Gasteiger charge is 2.10. The maximum atomic E-state index is 12.2. The maximum Gasteiger partial charge on any atom is 0.228 e. The van der Waals surface area contributed by atoms with Gasteiger partial charge in [-0.15, -0.1) is 0 Å². The van der Waals surface area contributed by atoms with Crippen molar-refractivity contribution in [2.75, 3.05) is 11.9 Å². The van der Waals surface area contributed by atoms with Crippen molar-refractivity contribution in [1.29, 1.82) is 0 Å². The summed E-state index contributed by atoms with van der Waals surface area (Å²) in [7, 11) is 0. The molecule has 23 heavy (non-hydrogen) atoms. The summed E-state index contributed by atoms with van der Waals surface area (Å²) in [6, 6.07) is 14.5. The molecule has 2 aromatic carbocycles. The van der Waals surface area contributed by atoms with E-state index in [2.05, 4.69) is 5.32 Å². The Morgan fingerprint density at radius 1 is 1.17 bits per heavy atom. The molecule has 0 bridgehead atoms. The van der Waals surface area contributed by atoms with E-state index in [0.29, 0.717) is 29.5 Å². The fourth-order valence-electron chi connectivity index (χ4n) is 2.08. The normalized spacial score (nSPS) is 10.4. The molecule has 0 spiro atoms. The van der Waals surface area contributed by atoms with Crippen LogP contribution in [0.25, 0.3) is 0 Å². The summed E-state index contributed by atoms with van der Waals surface area (Å²) in [6.07, 6.45) is 1.02. The number of benzene rings is 2. The molecule has 0 fully saturated rings. The zero-order valence-electron chi connectivity index (χ0n) is 13.4. The van der Waals surface area contributed by atoms with Crippen molar-refractivity contribution in [2.24, 2.45) is 5.92 Å². The van der Waals surface area contributed by atoms with Gasteiger partial charge in [-0.1, -0.05) is 44.2 Å². The number of rotatable bonds is 7. The summed E-state index contributed by atoms with van der Waals surface area (Å²) in [5.74, 6) is 0.799. The van der Waals surface area contributed by atoms with Crippen LogP contribution in [-0.2, 0) is 11.2 Å². The monoisotopic (exact) mass is 311 g/mol. The minimum absolute atomic E-state index is 0.145. The summed E-state index contributed by atoms with van der Waals surface area (Å²) < 4.78 is 5.72. The lowest BCUT2D eigenvalue weighted by molar-refractivity contribution is -0.115. The Bertz CT molecular complexity index is 666. The Labute approximate surface area is 136 Å². The molecule has 0 radical (unpaired) electrons. The van der Waals surface area contributed by atoms with Crippen molar-refractivity contribution < 1.29 is 14.3 Å². The summed E-state index contributed by atoms with van der Waals surface area (Å²) in [5, 5.41) is 2.83. The van der Waals surface area contributed by atoms with E-state index in [0.717, 1.165) is 11.8 Å². The Morgan fingerprint density at radius 3 is 2.57 bits per heavy atom. The highest BCUT2D eigenvalue weighted by molar-refractivity contribution is 5.94. The molecule has 2 aromatic rings. The van der Waals surface area contributed by atoms with Gasteiger partial charge in [0.15, 0.2) is 0 Å². The summed E-state index contributed by atoms with van der Waals surface area (Å²) in [6.45, 7) is 4.64. The first-order valence-electron chi connectivity index (χ1n) is 7.64. The number of amides is 1. The Morgan fingerprint density at radius 2 is 1.91 bits per heavy atom. The van der Waals surface area contributed by atoms with Gasteiger partial charge in [0.25, 0.3) is 0 Å². The van der Waals surface area contributed by atoms with Crippen molar-refractivity contribution in [1.82, 2.24) is 0 Å². The third kappa shape index (κ3) is 5.25. The third-order valence-corrected chi connectivity index (χ3v) is 3.19. The molecule has 0 heterocycles. The number of hydrogen-bond acceptors (Lipinski definition) is 3. The number of hydrogen-bond donors (Lipinski definition) is 1. The van der Waals surface area contributed by atoms with Crippen molar-refractivity contribution in [3.8, 4) is 5.75 Å². The SMILES string of the molecule is CC(C)COc1ccc(C=O)cc1NC(=O)Cc1ccccc1. The van der Waals surface area contributed by atoms with Crippen LogP contribution in [0.4, 0.5) is 5.69 Å². The van der Waals surface area contributed by atoms with Crippen LogP contribution in [-0.4, -0.2) is 18.8 Å². The molecule has 0 unspecified atom stereocenters. The molecule has 1 amide bonds. The third-order valence-electron chi connectivity index (χ3n) is 3.19. The molecule has 1 N–H and O–H groups in total. The van der Waals surface area contributed by atoms with Gasteiger partial charge in [0.05, 0.1) is 18.7 Å². The van der Waals surface area contributed by atoms with Crippen LogP contribution in [0.2, 0.25) is 0 Å². The van der Waals surface area contributed by atoms with E-state index < -0.39 is 0 Å². The number of aldehydes is 1. The number of nitrogens with one attached hydrogen (secondary N) is 1. The lowest BCUT2D eigenvalue weighted by atomic mass is 10.1. The van der Waals surface area contributed by atoms with Gasteiger partial charge in [-0.2, -0.15) is 0 Å². The average molecular weight is 311 g/mol. The smallest absolute Gasteiger partial charge is 0.228 e. The van der Waals surface area contributed by atoms with E-state index in [1.165, 1.54) is 0 Å². The Hall–Kier alpha value is -2.62. The molecule has 4 nitrogen and oxygen atoms in total. The number of anilines is 1. The lowest BCUT2D eigenvalue weighted by Crippen LogP contribution is -2.16. The van der Waals surface area contributed by atoms with Gasteiger partial charge < -0.3 is 10.1 Å². The summed E-state index contributed by atoms with van der Waals surface area (Å²) in [4.78, 5) is 23.2. The molecule has 0 saturated heterocycles. The average Bonchev–Trinajstić information content (AvgIpc) is 2.54. The van der Waals surface area contributed by atoms with Crippen LogP contribution in [0.3, 0.4) is 0 Å². The zero-order valence-corrected chi connectivity index (χ0v) is 13.4. The molecule has 0 aromatic heterocycles. The van der Waals surface area contributed by atoms with Gasteiger partial charge in [-0.05, 0) is 29.7 Å². The van der Waals surface area contributed by atoms with Gasteiger partial charge in [0, 0.05) is 5.56 Å². The lowest BCUT2D eigenvalue weighted by Gasteiger charge is -2.14. The molecule has 0 aliphatic heterocycles. The highest BCUT2D eigenvalue weighted by Crippen LogP contribution is 2.26. The number of carbonyl (C=O) groups excluding carboxylic acids is 2. The second-order valence-corrected chi connectivity index (χ2v) is 5.79. The van der Waals surface area contributed by atoms with Crippen molar-refractivity contribution in [3.05, 3.63) is 59.7 Å². The van der Waals surface area contributed by atoms with E-state index >= 15 is 0 Å². The quantitative estimate of drug-likeness (QED) is 0.793. The topological polar surface area (TPSA) is 55.4 Å². The predicted molar refractivity (Wildman–Crippen MR) is 90.9 cm³/mol. The second-order valence-electron chi connectivity index (χ2n) is 5.79. The fourth-order valence-corrected chi connectivity index (χ4v) is 2.08. The van der Waals surface area contributed by atoms with Gasteiger partial charge in [-0.3, -0.25) is 9.59 Å². The van der Waals surface area contributed by atoms with E-state index in [4.69, 9.17) is 4.74 Å². The summed E-state index contributed by atoms with van der Waals surface area (Å²) in [5.41, 5.74) is 1.95. The minimum atomic E-state index is -0.145. The van der Waals surface area contributed by atoms with Crippen molar-refractivity contribution in [3.63, 3.8) is 0 Å². The molecule has 0 aliphatic carbocycles. The minimum Gasteiger partial charge on any atom is -0.491 e. The van der Waals surface area contributed by atoms with Gasteiger partial charge in [-0.25, -0.2) is 0 Å². The van der Waals surface area contributed by atoms with Crippen molar-refractivity contribution >= 4 is 17.9 Å². The van der Waals surface area contributed by atoms with Crippen LogP contribution in [0, 0.1) is 5.92 Å². The van der Waals surface area contributed by atoms with Crippen LogP contribution in [0.5, 0.6) is 5.75 Å². The van der Waals surface area contributed by atoms with Gasteiger partial charge in [0.2, 0.25) is 5.91 Å². The van der Waals surface area contributed by atoms with E-state index in [1.54, 1.807) is 18.2 Å². The van der Waals surface area contributed by atoms with Crippen LogP contribution < -0.4 is 10.1 Å². The molecular formula is C19H21NO3. The maximum absolute atomic E-state index is 12.2. The standard InChI is InChI=1S/C19H21NO3/c1-14(2)13-23-18-9-8-16(12-21)10-17(18)20-19(22)11-15-6-4-3-5-7-15/h3-10,12,14H,11,13H2,1-2H3,(H,20,22). The first-order valence-corrected chi connectivity index (χ1v) is 7.64. The highest BCUT2D eigenvalue weighted by atomic mass is 16.5. The Balaban J connectivity index is 2.12. The molecule has 2 rings (SSSR count).